The second-order valence-corrected chi connectivity index (χ2v) is 14.2. The Labute approximate surface area is 247 Å². The van der Waals surface area contributed by atoms with E-state index in [4.69, 9.17) is 18.8 Å². The van der Waals surface area contributed by atoms with Crippen LogP contribution in [0.1, 0.15) is 81.7 Å². The van der Waals surface area contributed by atoms with Crippen molar-refractivity contribution in [2.24, 2.45) is 17.3 Å². The molecule has 12 heteroatoms. The van der Waals surface area contributed by atoms with Crippen molar-refractivity contribution < 1.29 is 28.4 Å². The maximum Gasteiger partial charge on any atom is 0.457 e. The van der Waals surface area contributed by atoms with E-state index in [0.29, 0.717) is 60.2 Å². The Balaban J connectivity index is 1.12. The molecule has 226 valence electrons. The van der Waals surface area contributed by atoms with Crippen LogP contribution in [-0.4, -0.2) is 81.0 Å². The highest BCUT2D eigenvalue weighted by Crippen LogP contribution is 2.65. The molecule has 5 fully saturated rings. The first-order chi connectivity index (χ1) is 19.7. The minimum Gasteiger partial charge on any atom is -0.486 e. The summed E-state index contributed by atoms with van der Waals surface area (Å²) in [6.07, 6.45) is 3.69. The number of carbonyl (C=O) groups is 2. The minimum absolute atomic E-state index is 0.0769. The number of esters is 1. The number of aromatic amines is 1. The van der Waals surface area contributed by atoms with Crippen molar-refractivity contribution in [1.29, 1.82) is 0 Å². The molecule has 0 unspecified atom stereocenters. The molecule has 0 spiro atoms. The van der Waals surface area contributed by atoms with Crippen molar-refractivity contribution >= 4 is 19.0 Å². The number of nitrogens with zero attached hydrogens (tertiary/aromatic N) is 4. The molecule has 2 aliphatic heterocycles. The van der Waals surface area contributed by atoms with E-state index in [2.05, 4.69) is 41.4 Å². The number of ether oxygens (including phenoxy) is 2. The van der Waals surface area contributed by atoms with E-state index in [1.165, 1.54) is 6.42 Å². The molecule has 3 aliphatic carbocycles. The van der Waals surface area contributed by atoms with Gasteiger partial charge in [0.2, 0.25) is 5.91 Å². The number of hydrogen-bond acceptors (Lipinski definition) is 9. The van der Waals surface area contributed by atoms with E-state index in [1.54, 1.807) is 4.90 Å². The van der Waals surface area contributed by atoms with Crippen LogP contribution >= 0.6 is 0 Å². The molecule has 11 nitrogen and oxygen atoms in total. The van der Waals surface area contributed by atoms with Crippen molar-refractivity contribution in [3.8, 4) is 5.75 Å². The molecule has 1 amide bonds. The Morgan fingerprint density at radius 1 is 1.19 bits per heavy atom. The molecule has 2 aromatic rings. The van der Waals surface area contributed by atoms with Gasteiger partial charge in [-0.1, -0.05) is 25.1 Å². The van der Waals surface area contributed by atoms with Crippen molar-refractivity contribution in [2.75, 3.05) is 13.1 Å². The number of amides is 1. The number of hydrogen-bond donors (Lipinski definition) is 1. The maximum atomic E-state index is 13.4. The van der Waals surface area contributed by atoms with Crippen LogP contribution in [0, 0.1) is 24.2 Å². The number of carbonyl (C=O) groups excluding carboxylic acids is 2. The summed E-state index contributed by atoms with van der Waals surface area (Å²) >= 11 is 0. The van der Waals surface area contributed by atoms with E-state index in [1.807, 2.05) is 39.8 Å². The average molecular weight is 580 g/mol. The summed E-state index contributed by atoms with van der Waals surface area (Å²) < 4.78 is 25.1. The van der Waals surface area contributed by atoms with Gasteiger partial charge in [0.25, 0.3) is 0 Å². The Bertz CT molecular complexity index is 1350. The molecule has 1 aromatic heterocycles. The van der Waals surface area contributed by atoms with Crippen molar-refractivity contribution in [2.45, 2.75) is 104 Å². The van der Waals surface area contributed by atoms with Gasteiger partial charge in [-0.2, -0.15) is 5.21 Å². The predicted octanol–water partition coefficient (Wildman–Crippen LogP) is 3.57. The lowest BCUT2D eigenvalue weighted by atomic mass is 9.43. The number of benzene rings is 1. The number of nitrogens with one attached hydrogen (secondary N) is 1. The molecule has 1 aromatic carbocycles. The van der Waals surface area contributed by atoms with Crippen LogP contribution in [0.5, 0.6) is 5.75 Å². The fourth-order valence-electron chi connectivity index (χ4n) is 7.43. The fraction of sp³-hybridized carbons (Fsp3) is 0.700. The number of H-pyrrole nitrogens is 1. The highest BCUT2D eigenvalue weighted by molar-refractivity contribution is 6.45. The van der Waals surface area contributed by atoms with Gasteiger partial charge < -0.3 is 23.7 Å². The molecule has 5 aliphatic rings. The summed E-state index contributed by atoms with van der Waals surface area (Å²) in [4.78, 5) is 27.6. The molecule has 3 heterocycles. The van der Waals surface area contributed by atoms with E-state index in [-0.39, 0.29) is 37.3 Å². The van der Waals surface area contributed by atoms with E-state index >= 15 is 0 Å². The predicted molar refractivity (Wildman–Crippen MR) is 154 cm³/mol. The van der Waals surface area contributed by atoms with Crippen molar-refractivity contribution in [1.82, 2.24) is 25.5 Å². The van der Waals surface area contributed by atoms with Crippen LogP contribution in [0.3, 0.4) is 0 Å². The Kier molecular flexibility index (Phi) is 7.16. The second-order valence-electron chi connectivity index (χ2n) is 14.2. The monoisotopic (exact) mass is 579 g/mol. The van der Waals surface area contributed by atoms with Gasteiger partial charge in [-0.15, -0.1) is 10.2 Å². The van der Waals surface area contributed by atoms with Crippen LogP contribution in [0.2, 0.25) is 6.32 Å². The highest BCUT2D eigenvalue weighted by atomic mass is 16.7. The van der Waals surface area contributed by atoms with Gasteiger partial charge in [0.05, 0.1) is 31.2 Å². The standard InChI is InChI=1S/C30H42BN5O6/c1-17-18(10-11-31-41-23-13-19-12-22(29(19,5)6)30(23,7)42-31)8-9-21(26(17)27(38)40-28(2,3)4)39-20-15-36(16-20)25(37)14-24-32-34-35-33-24/h8-9,19-20,22-23H,10-16H2,1-7H3,(H,32,33,34,35)/t19-,22-,23+,30-/m0/s1. The topological polar surface area (TPSA) is 129 Å². The van der Waals surface area contributed by atoms with Gasteiger partial charge in [0.1, 0.15) is 23.0 Å². The SMILES string of the molecule is Cc1c(CCB2O[C@@H]3C[C@@H]4C[C@@H](C4(C)C)[C@]3(C)O2)ccc(OC2CN(C(=O)Cc3nn[nH]n3)C2)c1C(=O)OC(C)(C)C. The molecule has 7 rings (SSSR count). The largest absolute Gasteiger partial charge is 0.486 e. The zero-order chi connectivity index (χ0) is 30.0. The molecule has 3 saturated carbocycles. The molecule has 42 heavy (non-hydrogen) atoms. The lowest BCUT2D eigenvalue weighted by Crippen LogP contribution is -2.65. The zero-order valence-electron chi connectivity index (χ0n) is 25.7. The summed E-state index contributed by atoms with van der Waals surface area (Å²) in [5.74, 6) is 1.53. The Morgan fingerprint density at radius 2 is 1.95 bits per heavy atom. The smallest absolute Gasteiger partial charge is 0.457 e. The summed E-state index contributed by atoms with van der Waals surface area (Å²) in [6, 6.07) is 3.86. The zero-order valence-corrected chi connectivity index (χ0v) is 25.7. The first-order valence-electron chi connectivity index (χ1n) is 15.1. The van der Waals surface area contributed by atoms with Crippen LogP contribution in [0.25, 0.3) is 0 Å². The molecule has 1 N–H and O–H groups in total. The van der Waals surface area contributed by atoms with E-state index in [9.17, 15) is 9.59 Å². The maximum absolute atomic E-state index is 13.4. The van der Waals surface area contributed by atoms with Crippen LogP contribution < -0.4 is 4.74 Å². The number of likely N-dealkylation sites (tertiary alicyclic amines) is 1. The quantitative estimate of drug-likeness (QED) is 0.369. The summed E-state index contributed by atoms with van der Waals surface area (Å²) in [7, 11) is -0.263. The number of tetrazole rings is 1. The summed E-state index contributed by atoms with van der Waals surface area (Å²) in [6.45, 7) is 15.3. The summed E-state index contributed by atoms with van der Waals surface area (Å²) in [5.41, 5.74) is 1.70. The van der Waals surface area contributed by atoms with Crippen molar-refractivity contribution in [3.05, 3.63) is 34.6 Å². The normalized spacial score (nSPS) is 28.1. The Hall–Kier alpha value is -2.99. The van der Waals surface area contributed by atoms with E-state index in [0.717, 1.165) is 17.5 Å². The van der Waals surface area contributed by atoms with Gasteiger partial charge in [0, 0.05) is 0 Å². The third-order valence-electron chi connectivity index (χ3n) is 9.99. The highest BCUT2D eigenvalue weighted by Gasteiger charge is 2.67. The molecular formula is C30H42BN5O6. The summed E-state index contributed by atoms with van der Waals surface area (Å²) in [5, 5.41) is 13.5. The van der Waals surface area contributed by atoms with Gasteiger partial charge in [-0.25, -0.2) is 4.79 Å². The minimum atomic E-state index is -0.655. The average Bonchev–Trinajstić information content (AvgIpc) is 3.50. The number of aryl methyl sites for hydroxylation is 1. The van der Waals surface area contributed by atoms with Crippen LogP contribution in [0.15, 0.2) is 12.1 Å². The first kappa shape index (κ1) is 29.1. The van der Waals surface area contributed by atoms with Crippen molar-refractivity contribution in [3.63, 3.8) is 0 Å². The molecule has 0 radical (unpaired) electrons. The van der Waals surface area contributed by atoms with Gasteiger partial charge in [-0.3, -0.25) is 4.79 Å². The molecule has 4 atom stereocenters. The number of rotatable bonds is 8. The third-order valence-corrected chi connectivity index (χ3v) is 9.99. The lowest BCUT2D eigenvalue weighted by Gasteiger charge is -2.64. The van der Waals surface area contributed by atoms with Gasteiger partial charge in [-0.05, 0) is 94.6 Å². The molecule has 2 bridgehead atoms. The number of aromatic nitrogens is 4. The molecular weight excluding hydrogens is 537 g/mol. The van der Waals surface area contributed by atoms with Gasteiger partial charge >= 0.3 is 13.1 Å². The van der Waals surface area contributed by atoms with Crippen LogP contribution in [-0.2, 0) is 31.7 Å². The Morgan fingerprint density at radius 3 is 2.62 bits per heavy atom. The second kappa shape index (κ2) is 10.3. The first-order valence-corrected chi connectivity index (χ1v) is 15.1. The van der Waals surface area contributed by atoms with Crippen LogP contribution in [0.4, 0.5) is 0 Å². The van der Waals surface area contributed by atoms with E-state index < -0.39 is 11.6 Å². The molecule has 2 saturated heterocycles. The lowest BCUT2D eigenvalue weighted by molar-refractivity contribution is -0.199. The third kappa shape index (κ3) is 5.21. The van der Waals surface area contributed by atoms with Gasteiger partial charge in [0.15, 0.2) is 5.82 Å². The fourth-order valence-corrected chi connectivity index (χ4v) is 7.43.